The highest BCUT2D eigenvalue weighted by atomic mass is 19.2. The Kier molecular flexibility index (Phi) is 6.13. The van der Waals surface area contributed by atoms with E-state index in [9.17, 15) is 18.0 Å². The first-order valence-corrected chi connectivity index (χ1v) is 9.90. The fourth-order valence-corrected chi connectivity index (χ4v) is 3.49. The lowest BCUT2D eigenvalue weighted by Gasteiger charge is -2.28. The number of benzene rings is 2. The second-order valence-corrected chi connectivity index (χ2v) is 7.21. The Balaban J connectivity index is 1.77. The van der Waals surface area contributed by atoms with Crippen molar-refractivity contribution in [3.63, 3.8) is 0 Å². The van der Waals surface area contributed by atoms with E-state index in [4.69, 9.17) is 19.2 Å². The average molecular weight is 447 g/mol. The first-order chi connectivity index (χ1) is 15.4. The van der Waals surface area contributed by atoms with Gasteiger partial charge in [0.2, 0.25) is 0 Å². The molecule has 0 bridgehead atoms. The summed E-state index contributed by atoms with van der Waals surface area (Å²) in [5.41, 5.74) is 1.55. The number of hydrogen-bond acceptors (Lipinski definition) is 7. The number of anilines is 1. The van der Waals surface area contributed by atoms with Crippen LogP contribution in [-0.4, -0.2) is 49.4 Å². The molecule has 168 valence electrons. The van der Waals surface area contributed by atoms with Gasteiger partial charge in [-0.25, -0.2) is 22.9 Å². The van der Waals surface area contributed by atoms with Gasteiger partial charge in [0.1, 0.15) is 17.7 Å². The molecule has 1 aromatic heterocycles. The summed E-state index contributed by atoms with van der Waals surface area (Å²) in [7, 11) is 1.25. The van der Waals surface area contributed by atoms with Gasteiger partial charge in [0.15, 0.2) is 17.5 Å². The Morgan fingerprint density at radius 2 is 1.81 bits per heavy atom. The molecule has 32 heavy (non-hydrogen) atoms. The quantitative estimate of drug-likeness (QED) is 0.435. The predicted molar refractivity (Wildman–Crippen MR) is 109 cm³/mol. The number of methoxy groups -OCH3 is 1. The van der Waals surface area contributed by atoms with Crippen molar-refractivity contribution in [3.05, 3.63) is 59.0 Å². The number of esters is 1. The van der Waals surface area contributed by atoms with Gasteiger partial charge in [-0.1, -0.05) is 0 Å². The summed E-state index contributed by atoms with van der Waals surface area (Å²) < 4.78 is 56.4. The lowest BCUT2D eigenvalue weighted by atomic mass is 10.0. The molecule has 0 spiro atoms. The van der Waals surface area contributed by atoms with Crippen LogP contribution in [0.25, 0.3) is 11.0 Å². The van der Waals surface area contributed by atoms with E-state index in [2.05, 4.69) is 4.98 Å². The number of carbonyl (C=O) groups is 1. The Morgan fingerprint density at radius 1 is 1.12 bits per heavy atom. The van der Waals surface area contributed by atoms with Gasteiger partial charge in [0, 0.05) is 30.8 Å². The molecule has 0 amide bonds. The summed E-state index contributed by atoms with van der Waals surface area (Å²) in [5, 5.41) is 0. The molecular formula is C22H20F3N3O4. The summed E-state index contributed by atoms with van der Waals surface area (Å²) in [6.07, 6.45) is 0.801. The zero-order chi connectivity index (χ0) is 22.8. The molecule has 0 radical (unpaired) electrons. The second kappa shape index (κ2) is 8.99. The highest BCUT2D eigenvalue weighted by Crippen LogP contribution is 2.30. The van der Waals surface area contributed by atoms with Crippen molar-refractivity contribution >= 4 is 22.8 Å². The average Bonchev–Trinajstić information content (AvgIpc) is 2.81. The van der Waals surface area contributed by atoms with Gasteiger partial charge in [-0.3, -0.25) is 4.98 Å². The minimum atomic E-state index is -1.58. The Hall–Kier alpha value is -3.40. The van der Waals surface area contributed by atoms with Crippen molar-refractivity contribution in [3.8, 4) is 5.75 Å². The van der Waals surface area contributed by atoms with E-state index in [1.807, 2.05) is 4.90 Å². The van der Waals surface area contributed by atoms with Crippen LogP contribution in [0.3, 0.4) is 0 Å². The molecule has 0 N–H and O–H groups in total. The SMILES string of the molecule is COC(=O)c1cc(C(C)Oc2cc(F)c(F)c(F)c2)c2nc(N3CCOCC3)cnc2c1. The van der Waals surface area contributed by atoms with Gasteiger partial charge >= 0.3 is 5.97 Å². The third-order valence-corrected chi connectivity index (χ3v) is 5.13. The molecule has 1 aliphatic heterocycles. The van der Waals surface area contributed by atoms with E-state index in [0.29, 0.717) is 48.7 Å². The van der Waals surface area contributed by atoms with Crippen LogP contribution in [0.4, 0.5) is 19.0 Å². The zero-order valence-corrected chi connectivity index (χ0v) is 17.4. The number of aromatic nitrogens is 2. The maximum Gasteiger partial charge on any atom is 0.337 e. The lowest BCUT2D eigenvalue weighted by Crippen LogP contribution is -2.36. The van der Waals surface area contributed by atoms with E-state index >= 15 is 0 Å². The molecule has 1 saturated heterocycles. The van der Waals surface area contributed by atoms with Crippen LogP contribution in [0.1, 0.15) is 28.9 Å². The second-order valence-electron chi connectivity index (χ2n) is 7.21. The number of halogens is 3. The molecule has 1 aliphatic rings. The van der Waals surface area contributed by atoms with Crippen molar-refractivity contribution in [1.82, 2.24) is 9.97 Å². The van der Waals surface area contributed by atoms with Crippen LogP contribution in [0, 0.1) is 17.5 Å². The van der Waals surface area contributed by atoms with Crippen LogP contribution < -0.4 is 9.64 Å². The Morgan fingerprint density at radius 3 is 2.47 bits per heavy atom. The minimum absolute atomic E-state index is 0.206. The van der Waals surface area contributed by atoms with Crippen LogP contribution in [0.5, 0.6) is 5.75 Å². The molecule has 3 aromatic rings. The predicted octanol–water partition coefficient (Wildman–Crippen LogP) is 3.81. The van der Waals surface area contributed by atoms with Crippen LogP contribution in [0.2, 0.25) is 0 Å². The summed E-state index contributed by atoms with van der Waals surface area (Å²) in [5.74, 6) is -4.48. The number of nitrogens with zero attached hydrogens (tertiary/aromatic N) is 3. The standard InChI is InChI=1S/C22H20F3N3O4/c1-12(32-14-9-16(23)20(25)17(24)10-14)15-7-13(22(29)30-2)8-18-21(15)27-19(11-26-18)28-3-5-31-6-4-28/h7-12H,3-6H2,1-2H3. The van der Waals surface area contributed by atoms with Gasteiger partial charge in [0.05, 0.1) is 43.1 Å². The Bertz CT molecular complexity index is 1150. The third-order valence-electron chi connectivity index (χ3n) is 5.13. The lowest BCUT2D eigenvalue weighted by molar-refractivity contribution is 0.0600. The topological polar surface area (TPSA) is 73.8 Å². The number of fused-ring (bicyclic) bond motifs is 1. The number of hydrogen-bond donors (Lipinski definition) is 0. The molecule has 0 saturated carbocycles. The molecule has 4 rings (SSSR count). The number of morpholine rings is 1. The maximum atomic E-state index is 13.6. The monoisotopic (exact) mass is 447 g/mol. The highest BCUT2D eigenvalue weighted by molar-refractivity contribution is 5.95. The van der Waals surface area contributed by atoms with E-state index in [0.717, 1.165) is 12.1 Å². The molecule has 0 aliphatic carbocycles. The summed E-state index contributed by atoms with van der Waals surface area (Å²) in [4.78, 5) is 23.3. The molecule has 2 heterocycles. The molecule has 10 heteroatoms. The van der Waals surface area contributed by atoms with Crippen molar-refractivity contribution in [2.75, 3.05) is 38.3 Å². The normalized spacial score (nSPS) is 15.0. The van der Waals surface area contributed by atoms with Gasteiger partial charge in [-0.05, 0) is 19.1 Å². The highest BCUT2D eigenvalue weighted by Gasteiger charge is 2.21. The van der Waals surface area contributed by atoms with Gasteiger partial charge in [0.25, 0.3) is 0 Å². The van der Waals surface area contributed by atoms with Crippen molar-refractivity contribution in [2.24, 2.45) is 0 Å². The third kappa shape index (κ3) is 4.31. The zero-order valence-electron chi connectivity index (χ0n) is 17.4. The number of rotatable bonds is 5. The molecule has 1 unspecified atom stereocenters. The van der Waals surface area contributed by atoms with E-state index < -0.39 is 29.5 Å². The fraction of sp³-hybridized carbons (Fsp3) is 0.318. The molecule has 7 nitrogen and oxygen atoms in total. The summed E-state index contributed by atoms with van der Waals surface area (Å²) in [6.45, 7) is 4.05. The van der Waals surface area contributed by atoms with Crippen molar-refractivity contribution in [1.29, 1.82) is 0 Å². The van der Waals surface area contributed by atoms with Gasteiger partial charge in [-0.2, -0.15) is 0 Å². The van der Waals surface area contributed by atoms with Crippen LogP contribution in [-0.2, 0) is 9.47 Å². The largest absolute Gasteiger partial charge is 0.486 e. The van der Waals surface area contributed by atoms with Gasteiger partial charge in [-0.15, -0.1) is 0 Å². The fourth-order valence-electron chi connectivity index (χ4n) is 3.49. The molecule has 2 aromatic carbocycles. The first-order valence-electron chi connectivity index (χ1n) is 9.90. The molecular weight excluding hydrogens is 427 g/mol. The van der Waals surface area contributed by atoms with Gasteiger partial charge < -0.3 is 19.1 Å². The Labute approximate surface area is 181 Å². The maximum absolute atomic E-state index is 13.6. The van der Waals surface area contributed by atoms with Crippen LogP contribution in [0.15, 0.2) is 30.5 Å². The smallest absolute Gasteiger partial charge is 0.337 e. The first kappa shape index (κ1) is 21.8. The molecule has 1 fully saturated rings. The summed E-state index contributed by atoms with van der Waals surface area (Å²) >= 11 is 0. The number of carbonyl (C=O) groups excluding carboxylic acids is 1. The van der Waals surface area contributed by atoms with Crippen molar-refractivity contribution < 1.29 is 32.2 Å². The van der Waals surface area contributed by atoms with Crippen molar-refractivity contribution in [2.45, 2.75) is 13.0 Å². The number of ether oxygens (including phenoxy) is 3. The van der Waals surface area contributed by atoms with E-state index in [1.165, 1.54) is 13.2 Å². The minimum Gasteiger partial charge on any atom is -0.486 e. The molecule has 1 atom stereocenters. The van der Waals surface area contributed by atoms with E-state index in [-0.39, 0.29) is 11.3 Å². The van der Waals surface area contributed by atoms with E-state index in [1.54, 1.807) is 19.2 Å². The summed E-state index contributed by atoms with van der Waals surface area (Å²) in [6, 6.07) is 4.59. The van der Waals surface area contributed by atoms with Crippen LogP contribution >= 0.6 is 0 Å².